The van der Waals surface area contributed by atoms with Crippen molar-refractivity contribution < 1.29 is 27.4 Å². The number of hydrogen-bond acceptors (Lipinski definition) is 8. The van der Waals surface area contributed by atoms with Crippen molar-refractivity contribution >= 4 is 32.8 Å². The van der Waals surface area contributed by atoms with Crippen molar-refractivity contribution in [1.29, 1.82) is 0 Å². The monoisotopic (exact) mass is 448 g/mol. The summed E-state index contributed by atoms with van der Waals surface area (Å²) in [6, 6.07) is 7.90. The molecule has 0 fully saturated rings. The Morgan fingerprint density at radius 2 is 1.70 bits per heavy atom. The van der Waals surface area contributed by atoms with E-state index >= 15 is 0 Å². The Labute approximate surface area is 178 Å². The number of hydrogen-bond donors (Lipinski definition) is 1. The van der Waals surface area contributed by atoms with Gasteiger partial charge in [0, 0.05) is 28.3 Å². The number of benzene rings is 2. The molecule has 0 unspecified atom stereocenters. The molecule has 2 aromatic carbocycles. The second-order valence-corrected chi connectivity index (χ2v) is 8.86. The van der Waals surface area contributed by atoms with Crippen LogP contribution in [0, 0.1) is 0 Å². The summed E-state index contributed by atoms with van der Waals surface area (Å²) in [5.74, 6) is 0.559. The average molecular weight is 449 g/mol. The van der Waals surface area contributed by atoms with Gasteiger partial charge in [-0.1, -0.05) is 0 Å². The molecule has 30 heavy (non-hydrogen) atoms. The summed E-state index contributed by atoms with van der Waals surface area (Å²) in [4.78, 5) is 17.7. The largest absolute Gasteiger partial charge is 0.493 e. The predicted molar refractivity (Wildman–Crippen MR) is 116 cm³/mol. The minimum absolute atomic E-state index is 0.163. The molecule has 0 bridgehead atoms. The van der Waals surface area contributed by atoms with Crippen LogP contribution in [0.4, 0.5) is 5.69 Å². The van der Waals surface area contributed by atoms with Gasteiger partial charge in [0.05, 0.1) is 33.3 Å². The number of nitrogens with zero attached hydrogens (tertiary/aromatic N) is 1. The van der Waals surface area contributed by atoms with Gasteiger partial charge >= 0.3 is 0 Å². The second-order valence-electron chi connectivity index (χ2n) is 6.21. The van der Waals surface area contributed by atoms with E-state index in [2.05, 4.69) is 9.71 Å². The van der Waals surface area contributed by atoms with Crippen molar-refractivity contribution in [2.45, 2.75) is 0 Å². The minimum atomic E-state index is -3.60. The van der Waals surface area contributed by atoms with Crippen LogP contribution in [0.15, 0.2) is 41.9 Å². The third-order valence-electron chi connectivity index (χ3n) is 4.17. The smallest absolute Gasteiger partial charge is 0.229 e. The van der Waals surface area contributed by atoms with E-state index in [1.54, 1.807) is 24.4 Å². The third-order valence-corrected chi connectivity index (χ3v) is 5.58. The van der Waals surface area contributed by atoms with Gasteiger partial charge in [-0.2, -0.15) is 0 Å². The van der Waals surface area contributed by atoms with Crippen molar-refractivity contribution in [1.82, 2.24) is 4.98 Å². The number of ketones is 1. The van der Waals surface area contributed by atoms with Crippen molar-refractivity contribution in [2.75, 3.05) is 32.3 Å². The molecule has 1 heterocycles. The van der Waals surface area contributed by atoms with E-state index in [9.17, 15) is 13.2 Å². The molecule has 0 spiro atoms. The molecular weight excluding hydrogens is 428 g/mol. The Morgan fingerprint density at radius 3 is 2.20 bits per heavy atom. The number of nitrogens with one attached hydrogen (secondary N) is 1. The second kappa shape index (κ2) is 8.72. The molecule has 1 N–H and O–H groups in total. The number of rotatable bonds is 8. The quantitative estimate of drug-likeness (QED) is 0.527. The highest BCUT2D eigenvalue weighted by atomic mass is 32.2. The van der Waals surface area contributed by atoms with Gasteiger partial charge in [0.15, 0.2) is 17.3 Å². The molecule has 10 heteroatoms. The Kier molecular flexibility index (Phi) is 6.28. The maximum atomic E-state index is 13.4. The molecule has 8 nitrogen and oxygen atoms in total. The van der Waals surface area contributed by atoms with Crippen LogP contribution in [-0.4, -0.2) is 46.8 Å². The molecular formula is C20H20N2O6S2. The molecule has 0 aliphatic carbocycles. The summed E-state index contributed by atoms with van der Waals surface area (Å²) < 4.78 is 42.0. The lowest BCUT2D eigenvalue weighted by Crippen LogP contribution is -2.14. The zero-order valence-electron chi connectivity index (χ0n) is 16.8. The van der Waals surface area contributed by atoms with Crippen LogP contribution in [0.25, 0.3) is 10.6 Å². The fourth-order valence-electron chi connectivity index (χ4n) is 2.89. The average Bonchev–Trinajstić information content (AvgIpc) is 3.26. The lowest BCUT2D eigenvalue weighted by atomic mass is 9.99. The van der Waals surface area contributed by atoms with E-state index in [1.165, 1.54) is 44.8 Å². The van der Waals surface area contributed by atoms with Gasteiger partial charge in [-0.05, 0) is 30.3 Å². The number of carbonyl (C=O) groups is 1. The molecule has 0 atom stereocenters. The fraction of sp³-hybridized carbons (Fsp3) is 0.200. The van der Waals surface area contributed by atoms with Crippen LogP contribution in [0.2, 0.25) is 0 Å². The number of aromatic nitrogens is 1. The van der Waals surface area contributed by atoms with Crippen LogP contribution < -0.4 is 18.9 Å². The number of carbonyl (C=O) groups excluding carboxylic acids is 1. The van der Waals surface area contributed by atoms with Gasteiger partial charge in [0.25, 0.3) is 0 Å². The van der Waals surface area contributed by atoms with Crippen molar-refractivity contribution in [3.8, 4) is 27.8 Å². The summed E-state index contributed by atoms with van der Waals surface area (Å²) in [5, 5.41) is 2.53. The van der Waals surface area contributed by atoms with E-state index in [0.29, 0.717) is 27.8 Å². The van der Waals surface area contributed by atoms with E-state index < -0.39 is 15.8 Å². The number of methoxy groups -OCH3 is 3. The molecule has 158 valence electrons. The molecule has 0 aliphatic heterocycles. The first-order valence-corrected chi connectivity index (χ1v) is 11.4. The maximum absolute atomic E-state index is 13.4. The van der Waals surface area contributed by atoms with Gasteiger partial charge in [-0.25, -0.2) is 13.4 Å². The van der Waals surface area contributed by atoms with Crippen molar-refractivity contribution in [2.24, 2.45) is 0 Å². The van der Waals surface area contributed by atoms with Gasteiger partial charge in [-0.3, -0.25) is 9.52 Å². The summed E-state index contributed by atoms with van der Waals surface area (Å²) in [6.07, 6.45) is 2.68. The van der Waals surface area contributed by atoms with Crippen LogP contribution in [-0.2, 0) is 10.0 Å². The first kappa shape index (κ1) is 21.6. The predicted octanol–water partition coefficient (Wildman–Crippen LogP) is 3.44. The third kappa shape index (κ3) is 4.55. The van der Waals surface area contributed by atoms with Gasteiger partial charge in [0.2, 0.25) is 15.8 Å². The molecule has 3 rings (SSSR count). The Hall–Kier alpha value is -3.11. The zero-order valence-corrected chi connectivity index (χ0v) is 18.4. The molecule has 0 amide bonds. The molecule has 0 aliphatic rings. The lowest BCUT2D eigenvalue weighted by molar-refractivity contribution is 0.103. The van der Waals surface area contributed by atoms with E-state index in [1.807, 2.05) is 5.38 Å². The molecule has 0 saturated carbocycles. The lowest BCUT2D eigenvalue weighted by Gasteiger charge is -2.15. The minimum Gasteiger partial charge on any atom is -0.493 e. The van der Waals surface area contributed by atoms with Crippen LogP contribution >= 0.6 is 11.3 Å². The molecule has 0 saturated heterocycles. The summed E-state index contributed by atoms with van der Waals surface area (Å²) >= 11 is 1.41. The maximum Gasteiger partial charge on any atom is 0.229 e. The topological polar surface area (TPSA) is 104 Å². The normalized spacial score (nSPS) is 11.1. The van der Waals surface area contributed by atoms with E-state index in [4.69, 9.17) is 14.2 Å². The fourth-order valence-corrected chi connectivity index (χ4v) is 4.10. The first-order valence-electron chi connectivity index (χ1n) is 8.63. The van der Waals surface area contributed by atoms with Crippen LogP contribution in [0.1, 0.15) is 15.9 Å². The van der Waals surface area contributed by atoms with Gasteiger partial charge in [0.1, 0.15) is 5.01 Å². The molecule has 0 radical (unpaired) electrons. The molecule has 1 aromatic heterocycles. The summed E-state index contributed by atoms with van der Waals surface area (Å²) in [5.41, 5.74) is 1.27. The van der Waals surface area contributed by atoms with E-state index in [0.717, 1.165) is 6.26 Å². The van der Waals surface area contributed by atoms with E-state index in [-0.39, 0.29) is 16.8 Å². The van der Waals surface area contributed by atoms with Crippen LogP contribution in [0.5, 0.6) is 17.2 Å². The van der Waals surface area contributed by atoms with Crippen molar-refractivity contribution in [3.05, 3.63) is 53.0 Å². The first-order chi connectivity index (χ1) is 14.3. The summed E-state index contributed by atoms with van der Waals surface area (Å²) in [6.45, 7) is 0. The SMILES string of the molecule is COc1cc(C(=O)c2cc(-c3nccs3)ccc2NS(C)(=O)=O)cc(OC)c1OC. The number of ether oxygens (including phenoxy) is 3. The number of sulfonamides is 1. The Morgan fingerprint density at radius 1 is 1.03 bits per heavy atom. The van der Waals surface area contributed by atoms with Crippen molar-refractivity contribution in [3.63, 3.8) is 0 Å². The highest BCUT2D eigenvalue weighted by Gasteiger charge is 2.22. The zero-order chi connectivity index (χ0) is 21.9. The number of anilines is 1. The summed E-state index contributed by atoms with van der Waals surface area (Å²) in [7, 11) is 0.762. The highest BCUT2D eigenvalue weighted by Crippen LogP contribution is 2.39. The standard InChI is InChI=1S/C20H20N2O6S2/c1-26-16-10-13(11-17(27-2)19(16)28-3)18(23)14-9-12(20-21-7-8-29-20)5-6-15(14)22-30(4,24)25/h5-11,22H,1-4H3. The highest BCUT2D eigenvalue weighted by molar-refractivity contribution is 7.92. The van der Waals surface area contributed by atoms with Gasteiger partial charge < -0.3 is 14.2 Å². The van der Waals surface area contributed by atoms with Crippen LogP contribution in [0.3, 0.4) is 0 Å². The number of thiazole rings is 1. The Balaban J connectivity index is 2.17. The Bertz CT molecular complexity index is 1150. The molecule has 3 aromatic rings. The van der Waals surface area contributed by atoms with Gasteiger partial charge in [-0.15, -0.1) is 11.3 Å².